The molecule has 3 aliphatic heterocycles. The van der Waals surface area contributed by atoms with Crippen LogP contribution in [0.5, 0.6) is 5.75 Å². The molecule has 5 rings (SSSR count). The van der Waals surface area contributed by atoms with Gasteiger partial charge >= 0.3 is 0 Å². The Morgan fingerprint density at radius 3 is 2.57 bits per heavy atom. The van der Waals surface area contributed by atoms with Crippen molar-refractivity contribution >= 4 is 33.8 Å². The minimum atomic E-state index is -3.29. The van der Waals surface area contributed by atoms with Crippen LogP contribution in [0.15, 0.2) is 36.4 Å². The zero-order valence-electron chi connectivity index (χ0n) is 19.1. The van der Waals surface area contributed by atoms with Gasteiger partial charge in [-0.3, -0.25) is 0 Å². The standard InChI is InChI=1S/C25H28ClF2NO4S.ClH/c26-17-3-1-16(2-4-17)13-25-9-11-32-22(8-12-34(30,31)18-7-10-29-14-18)19(25)15-33-24-21(28)6-5-20(27)23(24)25;/h1-6,18-19,22,29H,7-15H2;1H/t18-,19-,22-,25-;/m0./s1. The number of sulfone groups is 1. The van der Waals surface area contributed by atoms with Crippen LogP contribution in [-0.2, 0) is 26.4 Å². The summed E-state index contributed by atoms with van der Waals surface area (Å²) in [7, 11) is -3.29. The molecule has 2 fully saturated rings. The van der Waals surface area contributed by atoms with Gasteiger partial charge < -0.3 is 14.8 Å². The Hall–Kier alpha value is -1.45. The summed E-state index contributed by atoms with van der Waals surface area (Å²) in [4.78, 5) is 0. The van der Waals surface area contributed by atoms with Crippen LogP contribution in [0.3, 0.4) is 0 Å². The van der Waals surface area contributed by atoms with Crippen molar-refractivity contribution in [3.63, 3.8) is 0 Å². The van der Waals surface area contributed by atoms with E-state index in [1.165, 1.54) is 0 Å². The van der Waals surface area contributed by atoms with E-state index in [-0.39, 0.29) is 47.2 Å². The average molecular weight is 548 g/mol. The second kappa shape index (κ2) is 10.5. The first kappa shape index (κ1) is 26.6. The lowest BCUT2D eigenvalue weighted by atomic mass is 9.60. The molecule has 0 aliphatic carbocycles. The Balaban J connectivity index is 0.00000289. The average Bonchev–Trinajstić information content (AvgIpc) is 3.37. The van der Waals surface area contributed by atoms with Gasteiger partial charge in [0.2, 0.25) is 0 Å². The van der Waals surface area contributed by atoms with Gasteiger partial charge in [-0.05, 0) is 62.1 Å². The van der Waals surface area contributed by atoms with E-state index in [0.29, 0.717) is 50.4 Å². The molecular formula is C25H29Cl2F2NO4S. The van der Waals surface area contributed by atoms with Gasteiger partial charge in [0.05, 0.1) is 23.7 Å². The van der Waals surface area contributed by atoms with Gasteiger partial charge in [-0.15, -0.1) is 12.4 Å². The fourth-order valence-electron chi connectivity index (χ4n) is 5.88. The molecule has 1 N–H and O–H groups in total. The van der Waals surface area contributed by atoms with Gasteiger partial charge in [-0.1, -0.05) is 23.7 Å². The van der Waals surface area contributed by atoms with E-state index >= 15 is 4.39 Å². The van der Waals surface area contributed by atoms with Gasteiger partial charge in [-0.2, -0.15) is 0 Å². The fraction of sp³-hybridized carbons (Fsp3) is 0.520. The van der Waals surface area contributed by atoms with Gasteiger partial charge in [0.1, 0.15) is 5.82 Å². The zero-order chi connectivity index (χ0) is 23.9. The molecule has 35 heavy (non-hydrogen) atoms. The van der Waals surface area contributed by atoms with Gasteiger partial charge in [0.15, 0.2) is 21.4 Å². The van der Waals surface area contributed by atoms with Crippen molar-refractivity contribution in [1.82, 2.24) is 5.32 Å². The number of halogens is 4. The molecule has 0 saturated carbocycles. The maximum absolute atomic E-state index is 15.3. The molecule has 2 aromatic rings. The second-order valence-electron chi connectivity index (χ2n) is 9.54. The maximum atomic E-state index is 15.3. The van der Waals surface area contributed by atoms with Crippen LogP contribution in [0.25, 0.3) is 0 Å². The third-order valence-electron chi connectivity index (χ3n) is 7.65. The van der Waals surface area contributed by atoms with Crippen molar-refractivity contribution < 1.29 is 26.7 Å². The molecule has 0 unspecified atom stereocenters. The second-order valence-corrected chi connectivity index (χ2v) is 12.4. The lowest BCUT2D eigenvalue weighted by molar-refractivity contribution is -0.0963. The van der Waals surface area contributed by atoms with E-state index in [9.17, 15) is 12.8 Å². The van der Waals surface area contributed by atoms with Crippen LogP contribution in [-0.4, -0.2) is 51.8 Å². The Kier molecular flexibility index (Phi) is 7.98. The number of nitrogens with one attached hydrogen (secondary N) is 1. The van der Waals surface area contributed by atoms with Crippen molar-refractivity contribution in [2.75, 3.05) is 32.1 Å². The van der Waals surface area contributed by atoms with Crippen LogP contribution in [0, 0.1) is 17.6 Å². The van der Waals surface area contributed by atoms with Crippen LogP contribution in [0.2, 0.25) is 5.02 Å². The molecule has 3 heterocycles. The Labute approximate surface area is 215 Å². The molecule has 2 aromatic carbocycles. The first-order chi connectivity index (χ1) is 16.3. The molecule has 192 valence electrons. The molecular weight excluding hydrogens is 519 g/mol. The Morgan fingerprint density at radius 1 is 1.11 bits per heavy atom. The van der Waals surface area contributed by atoms with Crippen LogP contribution < -0.4 is 10.1 Å². The molecule has 5 nitrogen and oxygen atoms in total. The molecule has 0 aromatic heterocycles. The summed E-state index contributed by atoms with van der Waals surface area (Å²) in [6, 6.07) is 9.58. The van der Waals surface area contributed by atoms with Crippen molar-refractivity contribution in [1.29, 1.82) is 0 Å². The zero-order valence-corrected chi connectivity index (χ0v) is 21.5. The molecule has 4 atom stereocenters. The van der Waals surface area contributed by atoms with E-state index in [1.54, 1.807) is 12.1 Å². The van der Waals surface area contributed by atoms with Gasteiger partial charge in [0.25, 0.3) is 0 Å². The number of hydrogen-bond donors (Lipinski definition) is 1. The predicted molar refractivity (Wildman–Crippen MR) is 133 cm³/mol. The highest BCUT2D eigenvalue weighted by molar-refractivity contribution is 7.92. The van der Waals surface area contributed by atoms with Crippen LogP contribution in [0.4, 0.5) is 8.78 Å². The lowest BCUT2D eigenvalue weighted by Crippen LogP contribution is -2.55. The number of fused-ring (bicyclic) bond motifs is 3. The van der Waals surface area contributed by atoms with E-state index in [4.69, 9.17) is 21.1 Å². The summed E-state index contributed by atoms with van der Waals surface area (Å²) in [5, 5.41) is 3.32. The summed E-state index contributed by atoms with van der Waals surface area (Å²) < 4.78 is 67.7. The van der Waals surface area contributed by atoms with Gasteiger partial charge in [-0.25, -0.2) is 17.2 Å². The number of hydrogen-bond acceptors (Lipinski definition) is 5. The highest BCUT2D eigenvalue weighted by atomic mass is 35.5. The fourth-order valence-corrected chi connectivity index (χ4v) is 7.75. The van der Waals surface area contributed by atoms with Crippen molar-refractivity contribution in [2.24, 2.45) is 5.92 Å². The summed E-state index contributed by atoms with van der Waals surface area (Å²) in [5.41, 5.74) is 0.390. The summed E-state index contributed by atoms with van der Waals surface area (Å²) in [5.74, 6) is -1.48. The normalized spacial score (nSPS) is 27.9. The Bertz CT molecular complexity index is 1160. The van der Waals surface area contributed by atoms with Crippen molar-refractivity contribution in [3.05, 3.63) is 64.2 Å². The van der Waals surface area contributed by atoms with E-state index < -0.39 is 33.0 Å². The third kappa shape index (κ3) is 5.05. The molecule has 2 saturated heterocycles. The number of ether oxygens (including phenoxy) is 2. The van der Waals surface area contributed by atoms with Gasteiger partial charge in [0, 0.05) is 35.1 Å². The minimum Gasteiger partial charge on any atom is -0.490 e. The summed E-state index contributed by atoms with van der Waals surface area (Å²) >= 11 is 6.07. The Morgan fingerprint density at radius 2 is 1.86 bits per heavy atom. The van der Waals surface area contributed by atoms with Crippen LogP contribution >= 0.6 is 24.0 Å². The predicted octanol–water partition coefficient (Wildman–Crippen LogP) is 4.48. The highest BCUT2D eigenvalue weighted by Crippen LogP contribution is 2.52. The molecule has 0 spiro atoms. The van der Waals surface area contributed by atoms with E-state index in [2.05, 4.69) is 5.32 Å². The van der Waals surface area contributed by atoms with Crippen molar-refractivity contribution in [2.45, 2.75) is 42.5 Å². The first-order valence-corrected chi connectivity index (χ1v) is 13.8. The third-order valence-corrected chi connectivity index (χ3v) is 10.1. The van der Waals surface area contributed by atoms with E-state index in [0.717, 1.165) is 17.7 Å². The number of rotatable bonds is 6. The van der Waals surface area contributed by atoms with Crippen molar-refractivity contribution in [3.8, 4) is 5.75 Å². The van der Waals surface area contributed by atoms with E-state index in [1.807, 2.05) is 12.1 Å². The molecule has 10 heteroatoms. The highest BCUT2D eigenvalue weighted by Gasteiger charge is 2.53. The quantitative estimate of drug-likeness (QED) is 0.577. The summed E-state index contributed by atoms with van der Waals surface area (Å²) in [6.07, 6.45) is 1.39. The largest absolute Gasteiger partial charge is 0.490 e. The van der Waals surface area contributed by atoms with Crippen LogP contribution in [0.1, 0.15) is 30.4 Å². The topological polar surface area (TPSA) is 64.6 Å². The smallest absolute Gasteiger partial charge is 0.165 e. The number of benzene rings is 2. The first-order valence-electron chi connectivity index (χ1n) is 11.7. The maximum Gasteiger partial charge on any atom is 0.165 e. The lowest BCUT2D eigenvalue weighted by Gasteiger charge is -2.51. The minimum absolute atomic E-state index is 0. The molecule has 0 bridgehead atoms. The molecule has 3 aliphatic rings. The SMILES string of the molecule is Cl.O=S(=O)(CC[C@@H]1OCC[C@@]2(Cc3ccc(Cl)cc3)c3c(F)ccc(F)c3OC[C@@H]12)[C@H]1CCNC1. The monoisotopic (exact) mass is 547 g/mol. The molecule has 0 radical (unpaired) electrons. The molecule has 0 amide bonds. The summed E-state index contributed by atoms with van der Waals surface area (Å²) in [6.45, 7) is 1.64.